The Balaban J connectivity index is 0.00000261. The first-order chi connectivity index (χ1) is 12.6. The Morgan fingerprint density at radius 3 is 2.74 bits per heavy atom. The van der Waals surface area contributed by atoms with Gasteiger partial charge in [0, 0.05) is 26.1 Å². The number of guanidine groups is 1. The molecule has 1 aromatic carbocycles. The molecule has 0 aromatic heterocycles. The minimum Gasteiger partial charge on any atom is -0.489 e. The Bertz CT molecular complexity index is 651. The second-order valence-corrected chi connectivity index (χ2v) is 7.31. The third-order valence-electron chi connectivity index (χ3n) is 4.56. The van der Waals surface area contributed by atoms with Gasteiger partial charge in [0.1, 0.15) is 0 Å². The minimum atomic E-state index is -0.116. The van der Waals surface area contributed by atoms with E-state index >= 15 is 0 Å². The van der Waals surface area contributed by atoms with Crippen LogP contribution in [0.15, 0.2) is 17.1 Å². The number of hydrogen-bond donors (Lipinski definition) is 2. The van der Waals surface area contributed by atoms with Gasteiger partial charge in [-0.25, -0.2) is 4.99 Å². The smallest absolute Gasteiger partial charge is 0.191 e. The van der Waals surface area contributed by atoms with Crippen LogP contribution in [-0.4, -0.2) is 44.5 Å². The molecule has 6 nitrogen and oxygen atoms in total. The lowest BCUT2D eigenvalue weighted by Gasteiger charge is -2.24. The van der Waals surface area contributed by atoms with Crippen LogP contribution in [0.25, 0.3) is 0 Å². The molecule has 1 atom stereocenters. The van der Waals surface area contributed by atoms with Crippen molar-refractivity contribution in [2.75, 3.05) is 32.9 Å². The maximum atomic E-state index is 6.36. The van der Waals surface area contributed by atoms with Gasteiger partial charge in [0.05, 0.1) is 30.4 Å². The number of nitrogens with zero attached hydrogens (tertiary/aromatic N) is 1. The Morgan fingerprint density at radius 2 is 2.00 bits per heavy atom. The molecule has 1 aromatic rings. The zero-order valence-corrected chi connectivity index (χ0v) is 19.1. The number of rotatable bonds is 5. The third-order valence-corrected chi connectivity index (χ3v) is 4.84. The molecule has 152 valence electrons. The number of halogens is 2. The van der Waals surface area contributed by atoms with Crippen molar-refractivity contribution in [1.29, 1.82) is 0 Å². The van der Waals surface area contributed by atoms with Gasteiger partial charge in [-0.15, -0.1) is 24.0 Å². The molecular weight excluding hydrogens is 481 g/mol. The predicted molar refractivity (Wildman–Crippen MR) is 119 cm³/mol. The van der Waals surface area contributed by atoms with E-state index in [0.717, 1.165) is 50.5 Å². The summed E-state index contributed by atoms with van der Waals surface area (Å²) in [4.78, 5) is 4.67. The van der Waals surface area contributed by atoms with Crippen LogP contribution in [0.2, 0.25) is 5.02 Å². The molecule has 2 aliphatic heterocycles. The topological polar surface area (TPSA) is 64.1 Å². The second kappa shape index (κ2) is 10.6. The van der Waals surface area contributed by atoms with E-state index in [4.69, 9.17) is 25.8 Å². The molecule has 8 heteroatoms. The molecule has 2 N–H and O–H groups in total. The largest absolute Gasteiger partial charge is 0.489 e. The molecule has 0 amide bonds. The molecule has 27 heavy (non-hydrogen) atoms. The first-order valence-electron chi connectivity index (χ1n) is 9.34. The summed E-state index contributed by atoms with van der Waals surface area (Å²) in [5.41, 5.74) is 0.870. The number of benzene rings is 1. The highest BCUT2D eigenvalue weighted by Gasteiger charge is 2.29. The van der Waals surface area contributed by atoms with Gasteiger partial charge in [-0.1, -0.05) is 11.6 Å². The van der Waals surface area contributed by atoms with E-state index in [9.17, 15) is 0 Å². The lowest BCUT2D eigenvalue weighted by molar-refractivity contribution is 0.0243. The van der Waals surface area contributed by atoms with Crippen molar-refractivity contribution < 1.29 is 14.2 Å². The first kappa shape index (κ1) is 22.4. The number of aliphatic imine (C=N–C) groups is 1. The predicted octanol–water partition coefficient (Wildman–Crippen LogP) is 3.74. The van der Waals surface area contributed by atoms with Crippen LogP contribution in [0, 0.1) is 0 Å². The van der Waals surface area contributed by atoms with Crippen LogP contribution >= 0.6 is 35.6 Å². The molecule has 0 radical (unpaired) electrons. The Morgan fingerprint density at radius 1 is 1.19 bits per heavy atom. The molecule has 0 bridgehead atoms. The summed E-state index contributed by atoms with van der Waals surface area (Å²) >= 11 is 6.36. The Labute approximate surface area is 183 Å². The van der Waals surface area contributed by atoms with Gasteiger partial charge in [0.2, 0.25) is 0 Å². The van der Waals surface area contributed by atoms with Crippen LogP contribution in [0.3, 0.4) is 0 Å². The average molecular weight is 510 g/mol. The number of fused-ring (bicyclic) bond motifs is 1. The zero-order valence-electron chi connectivity index (χ0n) is 16.0. The standard InChI is InChI=1S/C19H28ClN3O3.HI/c1-3-21-18(23-13-19(2)6-4-9-26-19)22-12-14-10-15(20)17-16(11-14)24-7-5-8-25-17;/h10-11H,3-9,12-13H2,1-2H3,(H2,21,22,23);1H. The van der Waals surface area contributed by atoms with Crippen molar-refractivity contribution >= 4 is 41.5 Å². The quantitative estimate of drug-likeness (QED) is 0.360. The fraction of sp³-hybridized carbons (Fsp3) is 0.632. The lowest BCUT2D eigenvalue weighted by Crippen LogP contribution is -2.45. The lowest BCUT2D eigenvalue weighted by atomic mass is 10.0. The van der Waals surface area contributed by atoms with Crippen LogP contribution < -0.4 is 20.1 Å². The Kier molecular flexibility index (Phi) is 8.75. The van der Waals surface area contributed by atoms with Gasteiger partial charge < -0.3 is 24.8 Å². The van der Waals surface area contributed by atoms with Crippen LogP contribution in [0.4, 0.5) is 0 Å². The minimum absolute atomic E-state index is 0. The van der Waals surface area contributed by atoms with E-state index in [2.05, 4.69) is 29.5 Å². The molecular formula is C19H29ClIN3O3. The molecule has 0 spiro atoms. The summed E-state index contributed by atoms with van der Waals surface area (Å²) in [6.07, 6.45) is 3.03. The van der Waals surface area contributed by atoms with Gasteiger partial charge in [-0.05, 0) is 44.4 Å². The normalized spacial score (nSPS) is 22.0. The van der Waals surface area contributed by atoms with Crippen molar-refractivity contribution in [3.8, 4) is 11.5 Å². The molecule has 2 aliphatic rings. The van der Waals surface area contributed by atoms with Crippen molar-refractivity contribution in [3.05, 3.63) is 22.7 Å². The zero-order chi connectivity index (χ0) is 18.4. The van der Waals surface area contributed by atoms with Gasteiger partial charge in [-0.2, -0.15) is 0 Å². The van der Waals surface area contributed by atoms with Gasteiger partial charge in [0.25, 0.3) is 0 Å². The molecule has 1 fully saturated rings. The summed E-state index contributed by atoms with van der Waals surface area (Å²) in [6.45, 7) is 8.32. The summed E-state index contributed by atoms with van der Waals surface area (Å²) in [5, 5.41) is 7.23. The van der Waals surface area contributed by atoms with E-state index < -0.39 is 0 Å². The maximum absolute atomic E-state index is 6.36. The average Bonchev–Trinajstić information content (AvgIpc) is 2.91. The highest BCUT2D eigenvalue weighted by molar-refractivity contribution is 14.0. The molecule has 2 heterocycles. The van der Waals surface area contributed by atoms with Gasteiger partial charge in [-0.3, -0.25) is 0 Å². The molecule has 1 saturated heterocycles. The van der Waals surface area contributed by atoms with E-state index in [1.54, 1.807) is 0 Å². The van der Waals surface area contributed by atoms with Crippen molar-refractivity contribution in [2.45, 2.75) is 45.3 Å². The van der Waals surface area contributed by atoms with Gasteiger partial charge in [0.15, 0.2) is 17.5 Å². The van der Waals surface area contributed by atoms with Crippen LogP contribution in [-0.2, 0) is 11.3 Å². The Hall–Kier alpha value is -0.930. The summed E-state index contributed by atoms with van der Waals surface area (Å²) in [7, 11) is 0. The summed E-state index contributed by atoms with van der Waals surface area (Å²) < 4.78 is 17.2. The highest BCUT2D eigenvalue weighted by Crippen LogP contribution is 2.38. The van der Waals surface area contributed by atoms with Crippen molar-refractivity contribution in [3.63, 3.8) is 0 Å². The molecule has 0 aliphatic carbocycles. The van der Waals surface area contributed by atoms with E-state index in [1.165, 1.54) is 0 Å². The number of hydrogen-bond acceptors (Lipinski definition) is 4. The highest BCUT2D eigenvalue weighted by atomic mass is 127. The first-order valence-corrected chi connectivity index (χ1v) is 9.71. The monoisotopic (exact) mass is 509 g/mol. The molecule has 1 unspecified atom stereocenters. The third kappa shape index (κ3) is 6.29. The van der Waals surface area contributed by atoms with Crippen molar-refractivity contribution in [1.82, 2.24) is 10.6 Å². The number of ether oxygens (including phenoxy) is 3. The van der Waals surface area contributed by atoms with Crippen molar-refractivity contribution in [2.24, 2.45) is 4.99 Å². The van der Waals surface area contributed by atoms with E-state index in [0.29, 0.717) is 36.3 Å². The summed E-state index contributed by atoms with van der Waals surface area (Å²) in [5.74, 6) is 2.10. The fourth-order valence-corrected chi connectivity index (χ4v) is 3.42. The summed E-state index contributed by atoms with van der Waals surface area (Å²) in [6, 6.07) is 3.85. The van der Waals surface area contributed by atoms with Crippen LogP contribution in [0.1, 0.15) is 38.7 Å². The van der Waals surface area contributed by atoms with E-state index in [-0.39, 0.29) is 29.6 Å². The number of nitrogens with one attached hydrogen (secondary N) is 2. The fourth-order valence-electron chi connectivity index (χ4n) is 3.13. The molecule has 0 saturated carbocycles. The second-order valence-electron chi connectivity index (χ2n) is 6.91. The van der Waals surface area contributed by atoms with Gasteiger partial charge >= 0.3 is 0 Å². The maximum Gasteiger partial charge on any atom is 0.191 e. The molecule has 3 rings (SSSR count). The SMILES string of the molecule is CCNC(=NCc1cc(Cl)c2c(c1)OCCCO2)NCC1(C)CCCO1.I. The van der Waals surface area contributed by atoms with Crippen LogP contribution in [0.5, 0.6) is 11.5 Å². The van der Waals surface area contributed by atoms with E-state index in [1.807, 2.05) is 12.1 Å².